The van der Waals surface area contributed by atoms with Crippen LogP contribution in [0.5, 0.6) is 0 Å². The lowest BCUT2D eigenvalue weighted by atomic mass is 9.91. The van der Waals surface area contributed by atoms with Crippen LogP contribution in [0.1, 0.15) is 47.7 Å². The summed E-state index contributed by atoms with van der Waals surface area (Å²) in [5.74, 6) is 0.855. The zero-order valence-electron chi connectivity index (χ0n) is 17.3. The lowest BCUT2D eigenvalue weighted by Crippen LogP contribution is -2.40. The Morgan fingerprint density at radius 1 is 1.20 bits per heavy atom. The molecule has 0 unspecified atom stereocenters. The van der Waals surface area contributed by atoms with Crippen molar-refractivity contribution in [3.05, 3.63) is 52.5 Å². The molecule has 0 saturated carbocycles. The molecule has 0 spiro atoms. The molecular weight excluding hydrogens is 384 g/mol. The van der Waals surface area contributed by atoms with E-state index < -0.39 is 0 Å². The van der Waals surface area contributed by atoms with Gasteiger partial charge in [-0.3, -0.25) is 18.8 Å². The molecule has 0 radical (unpaired) electrons. The minimum atomic E-state index is -0.168. The maximum atomic E-state index is 12.6. The number of carbonyl (C=O) groups is 2. The van der Waals surface area contributed by atoms with Gasteiger partial charge in [0.25, 0.3) is 5.56 Å². The molecular formula is C21H26N6O3. The Morgan fingerprint density at radius 3 is 2.67 bits per heavy atom. The van der Waals surface area contributed by atoms with Crippen LogP contribution in [0.15, 0.2) is 29.7 Å². The predicted octanol–water partition coefficient (Wildman–Crippen LogP) is 1.51. The zero-order valence-corrected chi connectivity index (χ0v) is 17.3. The van der Waals surface area contributed by atoms with E-state index in [0.29, 0.717) is 56.4 Å². The average molecular weight is 410 g/mol. The van der Waals surface area contributed by atoms with E-state index in [9.17, 15) is 14.4 Å². The standard InChI is InChI=1S/C21H26N6O3/c1-14-22-10-18-21(30)24-16(11-27(14)18)4-3-5-19(28)26-8-6-15(7-9-26)20(29)17-12-25(2)13-23-17/h10-13,15H,3-9H2,1-2H3,(H,24,30). The molecule has 0 aliphatic carbocycles. The molecule has 1 N–H and O–H groups in total. The summed E-state index contributed by atoms with van der Waals surface area (Å²) in [5.41, 5.74) is 1.65. The molecule has 1 aliphatic heterocycles. The first-order valence-electron chi connectivity index (χ1n) is 10.3. The minimum absolute atomic E-state index is 0.0665. The lowest BCUT2D eigenvalue weighted by molar-refractivity contribution is -0.132. The van der Waals surface area contributed by atoms with Crippen LogP contribution in [0, 0.1) is 12.8 Å². The SMILES string of the molecule is Cc1ncc2c(=O)[nH]c(CCCC(=O)N3CCC(C(=O)c4cn(C)cn4)CC3)cn12. The molecule has 0 bridgehead atoms. The highest BCUT2D eigenvalue weighted by molar-refractivity contribution is 5.96. The Balaban J connectivity index is 1.27. The number of amides is 1. The van der Waals surface area contributed by atoms with Crippen molar-refractivity contribution in [3.8, 4) is 0 Å². The van der Waals surface area contributed by atoms with Crippen LogP contribution in [0.3, 0.4) is 0 Å². The molecule has 158 valence electrons. The molecule has 3 aromatic rings. The number of piperidine rings is 1. The average Bonchev–Trinajstić information content (AvgIpc) is 3.34. The van der Waals surface area contributed by atoms with Gasteiger partial charge < -0.3 is 14.5 Å². The number of fused-ring (bicyclic) bond motifs is 1. The van der Waals surface area contributed by atoms with Crippen molar-refractivity contribution >= 4 is 17.2 Å². The topological polar surface area (TPSA) is 105 Å². The molecule has 30 heavy (non-hydrogen) atoms. The summed E-state index contributed by atoms with van der Waals surface area (Å²) in [5, 5.41) is 0. The maximum absolute atomic E-state index is 12.6. The van der Waals surface area contributed by atoms with Gasteiger partial charge in [0.15, 0.2) is 5.78 Å². The minimum Gasteiger partial charge on any atom is -0.343 e. The van der Waals surface area contributed by atoms with Crippen LogP contribution in [0.25, 0.3) is 5.52 Å². The number of aromatic nitrogens is 5. The maximum Gasteiger partial charge on any atom is 0.274 e. The van der Waals surface area contributed by atoms with Crippen molar-refractivity contribution in [1.82, 2.24) is 28.8 Å². The highest BCUT2D eigenvalue weighted by Crippen LogP contribution is 2.22. The van der Waals surface area contributed by atoms with E-state index in [1.807, 2.05) is 25.1 Å². The monoisotopic (exact) mass is 410 g/mol. The van der Waals surface area contributed by atoms with E-state index in [1.54, 1.807) is 27.7 Å². The second-order valence-corrected chi connectivity index (χ2v) is 7.97. The fraction of sp³-hybridized carbons (Fsp3) is 0.476. The fourth-order valence-corrected chi connectivity index (χ4v) is 4.04. The molecule has 0 atom stereocenters. The van der Waals surface area contributed by atoms with Crippen molar-refractivity contribution in [2.75, 3.05) is 13.1 Å². The highest BCUT2D eigenvalue weighted by Gasteiger charge is 2.28. The van der Waals surface area contributed by atoms with Crippen molar-refractivity contribution in [1.29, 1.82) is 0 Å². The number of aryl methyl sites for hydroxylation is 3. The Bertz CT molecular complexity index is 1130. The number of carbonyl (C=O) groups excluding carboxylic acids is 2. The summed E-state index contributed by atoms with van der Waals surface area (Å²) in [6.45, 7) is 3.04. The number of rotatable bonds is 6. The first-order valence-corrected chi connectivity index (χ1v) is 10.3. The summed E-state index contributed by atoms with van der Waals surface area (Å²) >= 11 is 0. The molecule has 3 aromatic heterocycles. The van der Waals surface area contributed by atoms with E-state index in [1.165, 1.54) is 0 Å². The van der Waals surface area contributed by atoms with Gasteiger partial charge in [0, 0.05) is 50.6 Å². The van der Waals surface area contributed by atoms with Crippen LogP contribution in [-0.4, -0.2) is 53.6 Å². The molecule has 9 heteroatoms. The summed E-state index contributed by atoms with van der Waals surface area (Å²) in [4.78, 5) is 50.2. The molecule has 1 aliphatic rings. The Hall–Kier alpha value is -3.23. The fourth-order valence-electron chi connectivity index (χ4n) is 4.04. The smallest absolute Gasteiger partial charge is 0.274 e. The van der Waals surface area contributed by atoms with E-state index in [0.717, 1.165) is 11.5 Å². The van der Waals surface area contributed by atoms with Crippen molar-refractivity contribution in [2.45, 2.75) is 39.0 Å². The first-order chi connectivity index (χ1) is 14.4. The normalized spacial score (nSPS) is 15.1. The number of nitrogens with zero attached hydrogens (tertiary/aromatic N) is 5. The van der Waals surface area contributed by atoms with Crippen molar-refractivity contribution < 1.29 is 9.59 Å². The van der Waals surface area contributed by atoms with Crippen LogP contribution in [-0.2, 0) is 18.3 Å². The summed E-state index contributed by atoms with van der Waals surface area (Å²) < 4.78 is 3.55. The Kier molecular flexibility index (Phi) is 5.52. The van der Waals surface area contributed by atoms with Crippen LogP contribution >= 0.6 is 0 Å². The summed E-state index contributed by atoms with van der Waals surface area (Å²) in [6, 6.07) is 0. The Labute approximate surface area is 173 Å². The van der Waals surface area contributed by atoms with Crippen molar-refractivity contribution in [3.63, 3.8) is 0 Å². The highest BCUT2D eigenvalue weighted by atomic mass is 16.2. The number of imidazole rings is 2. The number of Topliss-reactive ketones (excluding diaryl/α,β-unsaturated/α-hetero) is 1. The molecule has 1 fully saturated rings. The molecule has 1 saturated heterocycles. The van der Waals surface area contributed by atoms with E-state index >= 15 is 0 Å². The largest absolute Gasteiger partial charge is 0.343 e. The second kappa shape index (κ2) is 8.25. The van der Waals surface area contributed by atoms with Gasteiger partial charge in [-0.2, -0.15) is 0 Å². The summed E-state index contributed by atoms with van der Waals surface area (Å²) in [6.07, 6.45) is 9.83. The second-order valence-electron chi connectivity index (χ2n) is 7.97. The third-order valence-corrected chi connectivity index (χ3v) is 5.79. The molecule has 0 aromatic carbocycles. The Morgan fingerprint density at radius 2 is 1.97 bits per heavy atom. The van der Waals surface area contributed by atoms with E-state index in [-0.39, 0.29) is 23.2 Å². The van der Waals surface area contributed by atoms with Crippen molar-refractivity contribution in [2.24, 2.45) is 13.0 Å². The molecule has 4 rings (SSSR count). The third-order valence-electron chi connectivity index (χ3n) is 5.79. The number of ketones is 1. The van der Waals surface area contributed by atoms with Gasteiger partial charge in [-0.15, -0.1) is 0 Å². The number of nitrogens with one attached hydrogen (secondary N) is 1. The zero-order chi connectivity index (χ0) is 21.3. The molecule has 4 heterocycles. The number of hydrogen-bond acceptors (Lipinski definition) is 5. The quantitative estimate of drug-likeness (QED) is 0.620. The molecule has 1 amide bonds. The van der Waals surface area contributed by atoms with E-state index in [4.69, 9.17) is 0 Å². The van der Waals surface area contributed by atoms with Gasteiger partial charge in [0.1, 0.15) is 17.0 Å². The predicted molar refractivity (Wildman–Crippen MR) is 110 cm³/mol. The number of hydrogen-bond donors (Lipinski definition) is 1. The van der Waals surface area contributed by atoms with Crippen LogP contribution in [0.4, 0.5) is 0 Å². The van der Waals surface area contributed by atoms with Gasteiger partial charge in [-0.25, -0.2) is 9.97 Å². The number of likely N-dealkylation sites (tertiary alicyclic amines) is 1. The lowest BCUT2D eigenvalue weighted by Gasteiger charge is -2.31. The van der Waals surface area contributed by atoms with Crippen LogP contribution in [0.2, 0.25) is 0 Å². The van der Waals surface area contributed by atoms with Gasteiger partial charge in [0.05, 0.1) is 12.5 Å². The van der Waals surface area contributed by atoms with Crippen LogP contribution < -0.4 is 5.56 Å². The first kappa shape index (κ1) is 20.1. The van der Waals surface area contributed by atoms with Gasteiger partial charge in [-0.1, -0.05) is 0 Å². The van der Waals surface area contributed by atoms with Gasteiger partial charge in [0.2, 0.25) is 5.91 Å². The van der Waals surface area contributed by atoms with Gasteiger partial charge >= 0.3 is 0 Å². The summed E-state index contributed by atoms with van der Waals surface area (Å²) in [7, 11) is 1.84. The van der Waals surface area contributed by atoms with Gasteiger partial charge in [-0.05, 0) is 32.6 Å². The number of aromatic amines is 1. The molecule has 9 nitrogen and oxygen atoms in total. The third kappa shape index (κ3) is 4.05. The van der Waals surface area contributed by atoms with E-state index in [2.05, 4.69) is 15.0 Å². The number of H-pyrrole nitrogens is 1.